The average molecular weight is 230 g/mol. The average Bonchev–Trinajstić information content (AvgIpc) is 2.65. The minimum absolute atomic E-state index is 0.487. The molecule has 1 aliphatic rings. The van der Waals surface area contributed by atoms with Crippen LogP contribution in [-0.2, 0) is 0 Å². The van der Waals surface area contributed by atoms with E-state index in [9.17, 15) is 0 Å². The molecule has 4 nitrogen and oxygen atoms in total. The van der Waals surface area contributed by atoms with Crippen LogP contribution in [0.1, 0.15) is 32.0 Å². The molecule has 1 aliphatic heterocycles. The quantitative estimate of drug-likeness (QED) is 0.819. The Balaban J connectivity index is 2.21. The van der Waals surface area contributed by atoms with E-state index >= 15 is 0 Å². The van der Waals surface area contributed by atoms with Gasteiger partial charge >= 0.3 is 0 Å². The van der Waals surface area contributed by atoms with Gasteiger partial charge in [-0.3, -0.25) is 0 Å². The lowest BCUT2D eigenvalue weighted by atomic mass is 10.00. The van der Waals surface area contributed by atoms with Crippen LogP contribution >= 0.6 is 0 Å². The number of anilines is 1. The second-order valence-corrected chi connectivity index (χ2v) is 5.14. The topological polar surface area (TPSA) is 42.7 Å². The van der Waals surface area contributed by atoms with Gasteiger partial charge in [0.1, 0.15) is 5.82 Å². The zero-order valence-electron chi connectivity index (χ0n) is 10.6. The first-order valence-electron chi connectivity index (χ1n) is 6.26. The fourth-order valence-corrected chi connectivity index (χ4v) is 2.57. The van der Waals surface area contributed by atoms with E-state index in [0.29, 0.717) is 12.0 Å². The first kappa shape index (κ1) is 10.6. The fraction of sp³-hybridized carbons (Fsp3) is 0.538. The highest BCUT2D eigenvalue weighted by Gasteiger charge is 2.25. The van der Waals surface area contributed by atoms with Crippen LogP contribution in [0.3, 0.4) is 0 Å². The third kappa shape index (κ3) is 1.59. The van der Waals surface area contributed by atoms with Crippen molar-refractivity contribution in [3.05, 3.63) is 17.8 Å². The van der Waals surface area contributed by atoms with Crippen molar-refractivity contribution in [1.29, 1.82) is 0 Å². The Morgan fingerprint density at radius 2 is 2.24 bits per heavy atom. The predicted octanol–water partition coefficient (Wildman–Crippen LogP) is 2.75. The molecule has 0 aliphatic carbocycles. The number of rotatable bonds is 1. The summed E-state index contributed by atoms with van der Waals surface area (Å²) < 4.78 is 2.13. The zero-order valence-corrected chi connectivity index (χ0v) is 10.6. The number of aromatic nitrogens is 3. The molecule has 0 saturated carbocycles. The van der Waals surface area contributed by atoms with E-state index < -0.39 is 0 Å². The van der Waals surface area contributed by atoms with Gasteiger partial charge in [0.2, 0.25) is 0 Å². The molecule has 1 N–H and O–H groups in total. The molecule has 0 radical (unpaired) electrons. The van der Waals surface area contributed by atoms with Crippen LogP contribution in [0, 0.1) is 12.8 Å². The number of nitrogens with zero attached hydrogens (tertiary/aromatic N) is 3. The van der Waals surface area contributed by atoms with E-state index in [2.05, 4.69) is 40.0 Å². The maximum Gasteiger partial charge on any atom is 0.183 e. The molecule has 0 amide bonds. The predicted molar refractivity (Wildman–Crippen MR) is 69.2 cm³/mol. The van der Waals surface area contributed by atoms with Crippen LogP contribution in [0.25, 0.3) is 11.0 Å². The van der Waals surface area contributed by atoms with Crippen molar-refractivity contribution in [2.45, 2.75) is 33.2 Å². The van der Waals surface area contributed by atoms with E-state index in [1.165, 1.54) is 0 Å². The van der Waals surface area contributed by atoms with Gasteiger partial charge in [0, 0.05) is 12.2 Å². The molecular formula is C13H18N4. The Bertz CT molecular complexity index is 556. The molecule has 2 aromatic heterocycles. The molecule has 2 aromatic rings. The van der Waals surface area contributed by atoms with Crippen molar-refractivity contribution in [2.24, 2.45) is 5.92 Å². The summed E-state index contributed by atoms with van der Waals surface area (Å²) in [5.74, 6) is 1.74. The second kappa shape index (κ2) is 3.72. The summed E-state index contributed by atoms with van der Waals surface area (Å²) in [6.45, 7) is 7.54. The molecule has 1 atom stereocenters. The third-order valence-corrected chi connectivity index (χ3v) is 3.52. The zero-order chi connectivity index (χ0) is 12.0. The number of hydrogen-bond acceptors (Lipinski definition) is 3. The summed E-state index contributed by atoms with van der Waals surface area (Å²) in [6, 6.07) is 4.65. The molecule has 0 spiro atoms. The lowest BCUT2D eigenvalue weighted by Gasteiger charge is -2.28. The van der Waals surface area contributed by atoms with Crippen LogP contribution in [0.15, 0.2) is 12.1 Å². The van der Waals surface area contributed by atoms with Crippen LogP contribution in [-0.4, -0.2) is 21.3 Å². The molecule has 3 rings (SSSR count). The molecule has 90 valence electrons. The number of aryl methyl sites for hydroxylation is 1. The third-order valence-electron chi connectivity index (χ3n) is 3.52. The van der Waals surface area contributed by atoms with Gasteiger partial charge < -0.3 is 5.32 Å². The normalized spacial score (nSPS) is 19.4. The first-order chi connectivity index (χ1) is 8.16. The monoisotopic (exact) mass is 230 g/mol. The lowest BCUT2D eigenvalue weighted by molar-refractivity contribution is 0.324. The maximum absolute atomic E-state index is 4.66. The van der Waals surface area contributed by atoms with E-state index in [0.717, 1.165) is 35.5 Å². The lowest BCUT2D eigenvalue weighted by Crippen LogP contribution is -2.26. The van der Waals surface area contributed by atoms with Crippen molar-refractivity contribution in [2.75, 3.05) is 11.9 Å². The van der Waals surface area contributed by atoms with Crippen molar-refractivity contribution in [3.63, 3.8) is 0 Å². The largest absolute Gasteiger partial charge is 0.370 e. The summed E-state index contributed by atoms with van der Waals surface area (Å²) >= 11 is 0. The van der Waals surface area contributed by atoms with Crippen molar-refractivity contribution >= 4 is 16.9 Å². The van der Waals surface area contributed by atoms with Crippen LogP contribution in [0.5, 0.6) is 0 Å². The first-order valence-corrected chi connectivity index (χ1v) is 6.26. The molecule has 0 fully saturated rings. The molecule has 1 unspecified atom stereocenters. The molecule has 4 heteroatoms. The smallest absolute Gasteiger partial charge is 0.183 e. The van der Waals surface area contributed by atoms with E-state index in [1.54, 1.807) is 0 Å². The van der Waals surface area contributed by atoms with Crippen molar-refractivity contribution < 1.29 is 0 Å². The van der Waals surface area contributed by atoms with Gasteiger partial charge in [-0.2, -0.15) is 5.10 Å². The Morgan fingerprint density at radius 1 is 1.41 bits per heavy atom. The Hall–Kier alpha value is -1.58. The molecule has 0 saturated heterocycles. The fourth-order valence-electron chi connectivity index (χ4n) is 2.57. The standard InChI is InChI=1S/C13H18N4/c1-8(2)11-6-7-14-13-10-5-4-9(3)15-12(10)16-17(11)13/h4-5,8,11,14H,6-7H2,1-3H3. The molecule has 17 heavy (non-hydrogen) atoms. The molecule has 3 heterocycles. The Labute approximate surface area is 101 Å². The molecule has 0 bridgehead atoms. The van der Waals surface area contributed by atoms with Gasteiger partial charge in [0.25, 0.3) is 0 Å². The van der Waals surface area contributed by atoms with Crippen molar-refractivity contribution in [3.8, 4) is 0 Å². The summed E-state index contributed by atoms with van der Waals surface area (Å²) in [6.07, 6.45) is 1.14. The van der Waals surface area contributed by atoms with Crippen LogP contribution in [0.4, 0.5) is 5.82 Å². The van der Waals surface area contributed by atoms with E-state index in [4.69, 9.17) is 0 Å². The van der Waals surface area contributed by atoms with Gasteiger partial charge in [-0.15, -0.1) is 0 Å². The number of pyridine rings is 1. The highest BCUT2D eigenvalue weighted by molar-refractivity contribution is 5.87. The molecule has 0 aromatic carbocycles. The highest BCUT2D eigenvalue weighted by Crippen LogP contribution is 2.33. The van der Waals surface area contributed by atoms with Crippen LogP contribution in [0.2, 0.25) is 0 Å². The van der Waals surface area contributed by atoms with Gasteiger partial charge in [0.15, 0.2) is 5.65 Å². The van der Waals surface area contributed by atoms with Crippen LogP contribution < -0.4 is 5.32 Å². The Kier molecular flexibility index (Phi) is 2.31. The highest BCUT2D eigenvalue weighted by atomic mass is 15.4. The van der Waals surface area contributed by atoms with E-state index in [-0.39, 0.29) is 0 Å². The second-order valence-electron chi connectivity index (χ2n) is 5.14. The van der Waals surface area contributed by atoms with Gasteiger partial charge in [-0.25, -0.2) is 9.67 Å². The summed E-state index contributed by atoms with van der Waals surface area (Å²) in [5, 5.41) is 9.25. The molecular weight excluding hydrogens is 212 g/mol. The number of nitrogens with one attached hydrogen (secondary N) is 1. The number of fused-ring (bicyclic) bond motifs is 3. The van der Waals surface area contributed by atoms with Gasteiger partial charge in [-0.1, -0.05) is 13.8 Å². The SMILES string of the molecule is Cc1ccc2c3n(nc2n1)C(C(C)C)CCN3. The Morgan fingerprint density at radius 3 is 3.00 bits per heavy atom. The maximum atomic E-state index is 4.66. The minimum Gasteiger partial charge on any atom is -0.370 e. The van der Waals surface area contributed by atoms with Gasteiger partial charge in [0.05, 0.1) is 11.4 Å². The van der Waals surface area contributed by atoms with E-state index in [1.807, 2.05) is 13.0 Å². The van der Waals surface area contributed by atoms with Crippen molar-refractivity contribution in [1.82, 2.24) is 14.8 Å². The summed E-state index contributed by atoms with van der Waals surface area (Å²) in [7, 11) is 0. The van der Waals surface area contributed by atoms with Gasteiger partial charge in [-0.05, 0) is 31.4 Å². The summed E-state index contributed by atoms with van der Waals surface area (Å²) in [4.78, 5) is 4.50. The number of hydrogen-bond donors (Lipinski definition) is 1. The minimum atomic E-state index is 0.487. The summed E-state index contributed by atoms with van der Waals surface area (Å²) in [5.41, 5.74) is 1.88.